The Kier molecular flexibility index (Phi) is 3.28. The van der Waals surface area contributed by atoms with Crippen LogP contribution in [0.3, 0.4) is 0 Å². The van der Waals surface area contributed by atoms with Gasteiger partial charge in [-0.1, -0.05) is 28.9 Å². The monoisotopic (exact) mass is 304 g/mol. The Labute approximate surface area is 126 Å². The molecule has 102 valence electrons. The fraction of sp³-hybridized carbons (Fsp3) is 0.133. The van der Waals surface area contributed by atoms with Crippen molar-refractivity contribution in [3.05, 3.63) is 45.8 Å². The smallest absolute Gasteiger partial charge is 0.186 e. The second-order valence-corrected chi connectivity index (χ2v) is 6.32. The van der Waals surface area contributed by atoms with E-state index in [1.165, 1.54) is 10.4 Å². The summed E-state index contributed by atoms with van der Waals surface area (Å²) in [7, 11) is 0. The number of thiophene rings is 1. The SMILES string of the molecule is Cc1cc(-c2onc(N)c2-c2cccc(Cl)c2)sc1C. The van der Waals surface area contributed by atoms with E-state index in [9.17, 15) is 0 Å². The average Bonchev–Trinajstić information content (AvgIpc) is 2.93. The summed E-state index contributed by atoms with van der Waals surface area (Å²) in [5.74, 6) is 1.08. The molecule has 0 bridgehead atoms. The van der Waals surface area contributed by atoms with Crippen LogP contribution < -0.4 is 5.73 Å². The molecule has 0 radical (unpaired) electrons. The minimum atomic E-state index is 0.381. The van der Waals surface area contributed by atoms with Gasteiger partial charge in [-0.2, -0.15) is 0 Å². The number of hydrogen-bond acceptors (Lipinski definition) is 4. The largest absolute Gasteiger partial charge is 0.380 e. The molecule has 2 heterocycles. The zero-order valence-corrected chi connectivity index (χ0v) is 12.7. The molecule has 0 fully saturated rings. The van der Waals surface area contributed by atoms with Crippen molar-refractivity contribution >= 4 is 28.8 Å². The normalized spacial score (nSPS) is 10.9. The maximum Gasteiger partial charge on any atom is 0.186 e. The maximum atomic E-state index is 6.05. The molecule has 0 saturated carbocycles. The van der Waals surface area contributed by atoms with Gasteiger partial charge in [0.2, 0.25) is 0 Å². The van der Waals surface area contributed by atoms with E-state index in [4.69, 9.17) is 21.9 Å². The van der Waals surface area contributed by atoms with Gasteiger partial charge >= 0.3 is 0 Å². The van der Waals surface area contributed by atoms with Crippen molar-refractivity contribution in [3.63, 3.8) is 0 Å². The van der Waals surface area contributed by atoms with Gasteiger partial charge in [0.25, 0.3) is 0 Å². The van der Waals surface area contributed by atoms with Crippen LogP contribution in [-0.2, 0) is 0 Å². The first-order chi connectivity index (χ1) is 9.56. The van der Waals surface area contributed by atoms with Gasteiger partial charge in [0.05, 0.1) is 10.4 Å². The minimum absolute atomic E-state index is 0.381. The molecular weight excluding hydrogens is 292 g/mol. The summed E-state index contributed by atoms with van der Waals surface area (Å²) >= 11 is 7.72. The number of aryl methyl sites for hydroxylation is 2. The Morgan fingerprint density at radius 3 is 2.70 bits per heavy atom. The summed E-state index contributed by atoms with van der Waals surface area (Å²) in [4.78, 5) is 2.28. The first-order valence-corrected chi connectivity index (χ1v) is 7.34. The lowest BCUT2D eigenvalue weighted by atomic mass is 10.0. The van der Waals surface area contributed by atoms with E-state index < -0.39 is 0 Å². The molecular formula is C15H13ClN2OS. The minimum Gasteiger partial charge on any atom is -0.380 e. The van der Waals surface area contributed by atoms with E-state index in [0.717, 1.165) is 16.0 Å². The van der Waals surface area contributed by atoms with Crippen LogP contribution in [-0.4, -0.2) is 5.16 Å². The molecule has 5 heteroatoms. The first kappa shape index (κ1) is 13.2. The highest BCUT2D eigenvalue weighted by Crippen LogP contribution is 2.40. The van der Waals surface area contributed by atoms with Gasteiger partial charge in [-0.15, -0.1) is 11.3 Å². The molecule has 20 heavy (non-hydrogen) atoms. The van der Waals surface area contributed by atoms with Crippen LogP contribution in [0.2, 0.25) is 5.02 Å². The second kappa shape index (κ2) is 4.96. The molecule has 0 spiro atoms. The predicted octanol–water partition coefficient (Wildman–Crippen LogP) is 4.92. The summed E-state index contributed by atoms with van der Waals surface area (Å²) in [5, 5.41) is 4.56. The lowest BCUT2D eigenvalue weighted by Crippen LogP contribution is -1.88. The van der Waals surface area contributed by atoms with Gasteiger partial charge < -0.3 is 10.3 Å². The lowest BCUT2D eigenvalue weighted by Gasteiger charge is -2.01. The molecule has 0 aliphatic carbocycles. The topological polar surface area (TPSA) is 52.0 Å². The fourth-order valence-corrected chi connectivity index (χ4v) is 3.29. The van der Waals surface area contributed by atoms with Crippen molar-refractivity contribution in [2.45, 2.75) is 13.8 Å². The number of anilines is 1. The summed E-state index contributed by atoms with van der Waals surface area (Å²) in [5.41, 5.74) is 8.91. The highest BCUT2D eigenvalue weighted by atomic mass is 35.5. The van der Waals surface area contributed by atoms with Gasteiger partial charge in [-0.05, 0) is 43.2 Å². The second-order valence-electron chi connectivity index (χ2n) is 4.63. The van der Waals surface area contributed by atoms with E-state index in [0.29, 0.717) is 16.6 Å². The molecule has 0 saturated heterocycles. The average molecular weight is 305 g/mol. The van der Waals surface area contributed by atoms with Crippen molar-refractivity contribution in [1.29, 1.82) is 0 Å². The molecule has 3 rings (SSSR count). The molecule has 2 aromatic heterocycles. The number of nitrogens with two attached hydrogens (primary N) is 1. The van der Waals surface area contributed by atoms with Gasteiger partial charge in [-0.25, -0.2) is 0 Å². The summed E-state index contributed by atoms with van der Waals surface area (Å²) in [6, 6.07) is 9.62. The fourth-order valence-electron chi connectivity index (χ4n) is 2.08. The molecule has 0 aliphatic rings. The van der Waals surface area contributed by atoms with Crippen LogP contribution in [0.25, 0.3) is 21.8 Å². The Bertz CT molecular complexity index is 757. The van der Waals surface area contributed by atoms with Crippen LogP contribution in [0.4, 0.5) is 5.82 Å². The molecule has 1 aromatic carbocycles. The van der Waals surface area contributed by atoms with Crippen molar-refractivity contribution in [1.82, 2.24) is 5.16 Å². The number of nitrogens with zero attached hydrogens (tertiary/aromatic N) is 1. The van der Waals surface area contributed by atoms with Crippen molar-refractivity contribution in [3.8, 4) is 21.8 Å². The molecule has 0 amide bonds. The molecule has 3 nitrogen and oxygen atoms in total. The van der Waals surface area contributed by atoms with Crippen LogP contribution in [0, 0.1) is 13.8 Å². The van der Waals surface area contributed by atoms with Crippen molar-refractivity contribution < 1.29 is 4.52 Å². The van der Waals surface area contributed by atoms with Crippen molar-refractivity contribution in [2.75, 3.05) is 5.73 Å². The zero-order valence-electron chi connectivity index (χ0n) is 11.1. The first-order valence-electron chi connectivity index (χ1n) is 6.14. The Morgan fingerprint density at radius 2 is 2.05 bits per heavy atom. The number of nitrogen functional groups attached to an aromatic ring is 1. The number of halogens is 1. The number of hydrogen-bond donors (Lipinski definition) is 1. The van der Waals surface area contributed by atoms with Crippen LogP contribution in [0.1, 0.15) is 10.4 Å². The Hall–Kier alpha value is -1.78. The van der Waals surface area contributed by atoms with Gasteiger partial charge in [0, 0.05) is 9.90 Å². The van der Waals surface area contributed by atoms with E-state index in [1.807, 2.05) is 24.3 Å². The molecule has 3 aromatic rings. The lowest BCUT2D eigenvalue weighted by molar-refractivity contribution is 0.437. The number of aromatic nitrogens is 1. The molecule has 0 unspecified atom stereocenters. The third-order valence-electron chi connectivity index (χ3n) is 3.22. The third kappa shape index (κ3) is 2.21. The summed E-state index contributed by atoms with van der Waals surface area (Å²) in [6.45, 7) is 4.16. The standard InChI is InChI=1S/C15H13ClN2OS/c1-8-6-12(20-9(8)2)14-13(15(17)18-19-14)10-4-3-5-11(16)7-10/h3-7H,1-2H3,(H2,17,18). The Morgan fingerprint density at radius 1 is 1.25 bits per heavy atom. The Balaban J connectivity index is 2.19. The molecule has 2 N–H and O–H groups in total. The quantitative estimate of drug-likeness (QED) is 0.731. The predicted molar refractivity (Wildman–Crippen MR) is 84.1 cm³/mol. The zero-order chi connectivity index (χ0) is 14.3. The van der Waals surface area contributed by atoms with E-state index in [2.05, 4.69) is 25.1 Å². The maximum absolute atomic E-state index is 6.05. The van der Waals surface area contributed by atoms with E-state index in [-0.39, 0.29) is 0 Å². The van der Waals surface area contributed by atoms with Gasteiger partial charge in [0.15, 0.2) is 11.6 Å². The van der Waals surface area contributed by atoms with Gasteiger partial charge in [0.1, 0.15) is 0 Å². The molecule has 0 atom stereocenters. The van der Waals surface area contributed by atoms with Crippen LogP contribution in [0.5, 0.6) is 0 Å². The highest BCUT2D eigenvalue weighted by molar-refractivity contribution is 7.15. The van der Waals surface area contributed by atoms with E-state index in [1.54, 1.807) is 11.3 Å². The number of benzene rings is 1. The van der Waals surface area contributed by atoms with E-state index >= 15 is 0 Å². The van der Waals surface area contributed by atoms with Crippen LogP contribution >= 0.6 is 22.9 Å². The number of rotatable bonds is 2. The summed E-state index contributed by atoms with van der Waals surface area (Å²) < 4.78 is 5.44. The van der Waals surface area contributed by atoms with Crippen LogP contribution in [0.15, 0.2) is 34.9 Å². The van der Waals surface area contributed by atoms with Gasteiger partial charge in [-0.3, -0.25) is 0 Å². The third-order valence-corrected chi connectivity index (χ3v) is 4.61. The highest BCUT2D eigenvalue weighted by Gasteiger charge is 2.19. The molecule has 0 aliphatic heterocycles. The van der Waals surface area contributed by atoms with Crippen molar-refractivity contribution in [2.24, 2.45) is 0 Å². The summed E-state index contributed by atoms with van der Waals surface area (Å²) in [6.07, 6.45) is 0.